The van der Waals surface area contributed by atoms with Crippen molar-refractivity contribution in [3.05, 3.63) is 71.8 Å². The van der Waals surface area contributed by atoms with Crippen LogP contribution in [0.4, 0.5) is 4.79 Å². The molecule has 29 heavy (non-hydrogen) atoms. The lowest BCUT2D eigenvalue weighted by molar-refractivity contribution is 0.0230. The molecular formula is C25H36N2O2. The molecule has 0 saturated heterocycles. The SMILES string of the molecule is CC(C)(C)OC(=O)N(CCCCCCNCc1ccccc1)Cc1ccccc1. The first-order chi connectivity index (χ1) is 13.9. The van der Waals surface area contributed by atoms with Crippen LogP contribution in [0.25, 0.3) is 0 Å². The molecule has 0 aliphatic rings. The number of unbranched alkanes of at least 4 members (excludes halogenated alkanes) is 3. The van der Waals surface area contributed by atoms with Gasteiger partial charge >= 0.3 is 6.09 Å². The molecule has 0 spiro atoms. The Balaban J connectivity index is 1.67. The number of hydrogen-bond acceptors (Lipinski definition) is 3. The maximum absolute atomic E-state index is 12.6. The van der Waals surface area contributed by atoms with Gasteiger partial charge in [0.2, 0.25) is 0 Å². The van der Waals surface area contributed by atoms with E-state index in [-0.39, 0.29) is 6.09 Å². The van der Waals surface area contributed by atoms with Crippen molar-refractivity contribution in [3.8, 4) is 0 Å². The fourth-order valence-corrected chi connectivity index (χ4v) is 3.10. The van der Waals surface area contributed by atoms with Crippen molar-refractivity contribution in [1.29, 1.82) is 0 Å². The predicted molar refractivity (Wildman–Crippen MR) is 120 cm³/mol. The predicted octanol–water partition coefficient (Wildman–Crippen LogP) is 5.77. The Labute approximate surface area is 176 Å². The van der Waals surface area contributed by atoms with Crippen molar-refractivity contribution in [2.24, 2.45) is 0 Å². The molecule has 0 saturated carbocycles. The normalized spacial score (nSPS) is 11.3. The van der Waals surface area contributed by atoms with Gasteiger partial charge in [-0.2, -0.15) is 0 Å². The minimum absolute atomic E-state index is 0.231. The van der Waals surface area contributed by atoms with Crippen molar-refractivity contribution in [2.45, 2.75) is 65.1 Å². The van der Waals surface area contributed by atoms with Crippen molar-refractivity contribution >= 4 is 6.09 Å². The van der Waals surface area contributed by atoms with Crippen molar-refractivity contribution in [3.63, 3.8) is 0 Å². The lowest BCUT2D eigenvalue weighted by Gasteiger charge is -2.27. The van der Waals surface area contributed by atoms with Gasteiger partial charge in [-0.3, -0.25) is 0 Å². The second-order valence-electron chi connectivity index (χ2n) is 8.46. The van der Waals surface area contributed by atoms with Crippen molar-refractivity contribution in [2.75, 3.05) is 13.1 Å². The van der Waals surface area contributed by atoms with E-state index in [1.54, 1.807) is 0 Å². The fourth-order valence-electron chi connectivity index (χ4n) is 3.10. The second kappa shape index (κ2) is 12.3. The van der Waals surface area contributed by atoms with Crippen molar-refractivity contribution < 1.29 is 9.53 Å². The second-order valence-corrected chi connectivity index (χ2v) is 8.46. The molecule has 2 aromatic carbocycles. The van der Waals surface area contributed by atoms with Crippen LogP contribution < -0.4 is 5.32 Å². The smallest absolute Gasteiger partial charge is 0.410 e. The van der Waals surface area contributed by atoms with Gasteiger partial charge < -0.3 is 15.0 Å². The van der Waals surface area contributed by atoms with Crippen LogP contribution in [0.15, 0.2) is 60.7 Å². The van der Waals surface area contributed by atoms with E-state index in [0.717, 1.165) is 50.9 Å². The summed E-state index contributed by atoms with van der Waals surface area (Å²) in [6.07, 6.45) is 4.19. The van der Waals surface area contributed by atoms with Crippen molar-refractivity contribution in [1.82, 2.24) is 10.2 Å². The highest BCUT2D eigenvalue weighted by Crippen LogP contribution is 2.14. The molecule has 0 aromatic heterocycles. The molecule has 0 aliphatic carbocycles. The number of hydrogen-bond donors (Lipinski definition) is 1. The third-order valence-electron chi connectivity index (χ3n) is 4.57. The highest BCUT2D eigenvalue weighted by molar-refractivity contribution is 5.68. The summed E-state index contributed by atoms with van der Waals surface area (Å²) in [4.78, 5) is 14.4. The average Bonchev–Trinajstić information content (AvgIpc) is 2.69. The third-order valence-corrected chi connectivity index (χ3v) is 4.57. The summed E-state index contributed by atoms with van der Waals surface area (Å²) in [5, 5.41) is 3.49. The number of rotatable bonds is 11. The maximum atomic E-state index is 12.6. The first-order valence-corrected chi connectivity index (χ1v) is 10.7. The summed E-state index contributed by atoms with van der Waals surface area (Å²) >= 11 is 0. The Morgan fingerprint density at radius 3 is 2.07 bits per heavy atom. The van der Waals surface area contributed by atoms with Crippen LogP contribution in [0, 0.1) is 0 Å². The summed E-state index contributed by atoms with van der Waals surface area (Å²) in [5.41, 5.74) is 1.97. The topological polar surface area (TPSA) is 41.6 Å². The monoisotopic (exact) mass is 396 g/mol. The fraction of sp³-hybridized carbons (Fsp3) is 0.480. The molecular weight excluding hydrogens is 360 g/mol. The van der Waals surface area contributed by atoms with Crippen LogP contribution in [0.1, 0.15) is 57.6 Å². The van der Waals surface area contributed by atoms with Gasteiger partial charge in [-0.1, -0.05) is 73.5 Å². The molecule has 0 heterocycles. The Bertz CT molecular complexity index is 696. The van der Waals surface area contributed by atoms with E-state index in [1.807, 2.05) is 49.9 Å². The van der Waals surface area contributed by atoms with Crippen LogP contribution in [0.5, 0.6) is 0 Å². The first kappa shape index (κ1) is 23.0. The summed E-state index contributed by atoms with van der Waals surface area (Å²) in [6, 6.07) is 20.6. The number of carbonyl (C=O) groups is 1. The Morgan fingerprint density at radius 2 is 1.45 bits per heavy atom. The molecule has 0 unspecified atom stereocenters. The van der Waals surface area contributed by atoms with Gasteiger partial charge in [-0.05, 0) is 51.3 Å². The molecule has 0 fully saturated rings. The number of carbonyl (C=O) groups excluding carboxylic acids is 1. The Morgan fingerprint density at radius 1 is 0.862 bits per heavy atom. The highest BCUT2D eigenvalue weighted by Gasteiger charge is 2.21. The van der Waals surface area contributed by atoms with Gasteiger partial charge in [0, 0.05) is 19.6 Å². The zero-order valence-corrected chi connectivity index (χ0v) is 18.2. The van der Waals surface area contributed by atoms with Gasteiger partial charge in [0.25, 0.3) is 0 Å². The molecule has 0 atom stereocenters. The van der Waals surface area contributed by atoms with Gasteiger partial charge in [0.15, 0.2) is 0 Å². The summed E-state index contributed by atoms with van der Waals surface area (Å²) in [7, 11) is 0. The van der Waals surface area contributed by atoms with E-state index in [4.69, 9.17) is 4.74 Å². The highest BCUT2D eigenvalue weighted by atomic mass is 16.6. The molecule has 0 bridgehead atoms. The van der Waals surface area contributed by atoms with Gasteiger partial charge in [-0.25, -0.2) is 4.79 Å². The molecule has 2 aromatic rings. The minimum Gasteiger partial charge on any atom is -0.444 e. The Hall–Kier alpha value is -2.33. The summed E-state index contributed by atoms with van der Waals surface area (Å²) in [6.45, 7) is 8.99. The van der Waals surface area contributed by atoms with E-state index < -0.39 is 5.60 Å². The lowest BCUT2D eigenvalue weighted by atomic mass is 10.1. The molecule has 4 nitrogen and oxygen atoms in total. The van der Waals surface area contributed by atoms with Crippen LogP contribution >= 0.6 is 0 Å². The maximum Gasteiger partial charge on any atom is 0.410 e. The molecule has 4 heteroatoms. The number of ether oxygens (including phenoxy) is 1. The van der Waals surface area contributed by atoms with E-state index in [2.05, 4.69) is 41.7 Å². The first-order valence-electron chi connectivity index (χ1n) is 10.7. The molecule has 0 radical (unpaired) electrons. The summed E-state index contributed by atoms with van der Waals surface area (Å²) in [5.74, 6) is 0. The van der Waals surface area contributed by atoms with E-state index in [1.165, 1.54) is 5.56 Å². The minimum atomic E-state index is -0.476. The molecule has 2 rings (SSSR count). The molecule has 1 N–H and O–H groups in total. The zero-order valence-electron chi connectivity index (χ0n) is 18.2. The number of nitrogens with zero attached hydrogens (tertiary/aromatic N) is 1. The quantitative estimate of drug-likeness (QED) is 0.490. The van der Waals surface area contributed by atoms with E-state index in [9.17, 15) is 4.79 Å². The zero-order chi connectivity index (χ0) is 21.0. The number of benzene rings is 2. The molecule has 1 amide bonds. The van der Waals surface area contributed by atoms with E-state index >= 15 is 0 Å². The molecule has 0 aliphatic heterocycles. The van der Waals surface area contributed by atoms with Crippen LogP contribution in [-0.4, -0.2) is 29.7 Å². The number of nitrogens with one attached hydrogen (secondary N) is 1. The Kier molecular flexibility index (Phi) is 9.72. The summed E-state index contributed by atoms with van der Waals surface area (Å²) < 4.78 is 5.60. The molecule has 158 valence electrons. The largest absolute Gasteiger partial charge is 0.444 e. The standard InChI is InChI=1S/C25H36N2O2/c1-25(2,3)29-24(28)27(21-23-16-10-7-11-17-23)19-13-5-4-12-18-26-20-22-14-8-6-9-15-22/h6-11,14-17,26H,4-5,12-13,18-21H2,1-3H3. The average molecular weight is 397 g/mol. The van der Waals surface area contributed by atoms with Gasteiger partial charge in [-0.15, -0.1) is 0 Å². The number of amides is 1. The van der Waals surface area contributed by atoms with Gasteiger partial charge in [0.05, 0.1) is 0 Å². The third kappa shape index (κ3) is 10.1. The lowest BCUT2D eigenvalue weighted by Crippen LogP contribution is -2.37. The van der Waals surface area contributed by atoms with Crippen LogP contribution in [0.3, 0.4) is 0 Å². The van der Waals surface area contributed by atoms with Crippen LogP contribution in [-0.2, 0) is 17.8 Å². The van der Waals surface area contributed by atoms with Gasteiger partial charge in [0.1, 0.15) is 5.60 Å². The van der Waals surface area contributed by atoms with Crippen LogP contribution in [0.2, 0.25) is 0 Å². The van der Waals surface area contributed by atoms with E-state index in [0.29, 0.717) is 6.54 Å².